The second-order valence-corrected chi connectivity index (χ2v) is 4.58. The van der Waals surface area contributed by atoms with Gasteiger partial charge in [-0.1, -0.05) is 6.92 Å². The molecule has 0 atom stereocenters. The van der Waals surface area contributed by atoms with Gasteiger partial charge in [-0.05, 0) is 49.2 Å². The van der Waals surface area contributed by atoms with E-state index in [0.717, 1.165) is 17.7 Å². The van der Waals surface area contributed by atoms with E-state index >= 15 is 0 Å². The maximum atomic E-state index is 13.5. The zero-order valence-electron chi connectivity index (χ0n) is 11.0. The molecule has 0 saturated carbocycles. The number of benzene rings is 1. The molecule has 1 N–H and O–H groups in total. The summed E-state index contributed by atoms with van der Waals surface area (Å²) in [5, 5.41) is 9.17. The summed E-state index contributed by atoms with van der Waals surface area (Å²) in [6.45, 7) is 4.39. The normalized spacial score (nSPS) is 10.7. The minimum absolute atomic E-state index is 0.235. The Morgan fingerprint density at radius 3 is 2.63 bits per heavy atom. The average Bonchev–Trinajstić information content (AvgIpc) is 2.72. The fourth-order valence-corrected chi connectivity index (χ4v) is 2.26. The topological polar surface area (TPSA) is 42.2 Å². The molecule has 0 saturated heterocycles. The number of rotatable bonds is 4. The quantitative estimate of drug-likeness (QED) is 0.911. The zero-order chi connectivity index (χ0) is 14.0. The van der Waals surface area contributed by atoms with Crippen molar-refractivity contribution in [2.45, 2.75) is 26.8 Å². The summed E-state index contributed by atoms with van der Waals surface area (Å²) in [5.74, 6) is -1.27. The molecule has 0 fully saturated rings. The van der Waals surface area contributed by atoms with E-state index in [1.807, 2.05) is 19.9 Å². The molecule has 1 aromatic heterocycles. The van der Waals surface area contributed by atoms with E-state index < -0.39 is 5.97 Å². The van der Waals surface area contributed by atoms with Gasteiger partial charge in [0, 0.05) is 17.8 Å². The summed E-state index contributed by atoms with van der Waals surface area (Å²) in [6, 6.07) is 8.03. The Labute approximate surface area is 111 Å². The van der Waals surface area contributed by atoms with Gasteiger partial charge in [0.1, 0.15) is 11.5 Å². The highest BCUT2D eigenvalue weighted by Crippen LogP contribution is 2.25. The summed E-state index contributed by atoms with van der Waals surface area (Å²) in [7, 11) is 0. The van der Waals surface area contributed by atoms with E-state index in [9.17, 15) is 9.18 Å². The van der Waals surface area contributed by atoms with Crippen LogP contribution >= 0.6 is 0 Å². The first-order valence-electron chi connectivity index (χ1n) is 6.23. The largest absolute Gasteiger partial charge is 0.477 e. The summed E-state index contributed by atoms with van der Waals surface area (Å²) in [6.07, 6.45) is 0.816. The van der Waals surface area contributed by atoms with Crippen molar-refractivity contribution < 1.29 is 14.3 Å². The molecule has 0 spiro atoms. The van der Waals surface area contributed by atoms with Gasteiger partial charge in [-0.15, -0.1) is 0 Å². The van der Waals surface area contributed by atoms with Crippen molar-refractivity contribution in [3.05, 3.63) is 47.4 Å². The molecule has 19 heavy (non-hydrogen) atoms. The maximum Gasteiger partial charge on any atom is 0.352 e. The predicted molar refractivity (Wildman–Crippen MR) is 71.8 cm³/mol. The molecule has 4 heteroatoms. The molecule has 0 unspecified atom stereocenters. The zero-order valence-corrected chi connectivity index (χ0v) is 11.0. The minimum Gasteiger partial charge on any atom is -0.477 e. The first-order chi connectivity index (χ1) is 9.02. The van der Waals surface area contributed by atoms with Crippen molar-refractivity contribution in [1.82, 2.24) is 4.57 Å². The second-order valence-electron chi connectivity index (χ2n) is 4.58. The van der Waals surface area contributed by atoms with E-state index in [2.05, 4.69) is 0 Å². The molecule has 1 heterocycles. The standard InChI is InChI=1S/C15H16FNO2/c1-3-6-17-13(4-5-14(17)15(18)19)11-7-10(2)8-12(16)9-11/h4-5,7-9H,3,6H2,1-2H3,(H,18,19). The third-order valence-electron chi connectivity index (χ3n) is 2.98. The Morgan fingerprint density at radius 1 is 1.32 bits per heavy atom. The van der Waals surface area contributed by atoms with Crippen LogP contribution in [-0.2, 0) is 6.54 Å². The number of halogens is 1. The van der Waals surface area contributed by atoms with Crippen molar-refractivity contribution in [3.8, 4) is 11.3 Å². The van der Waals surface area contributed by atoms with Gasteiger partial charge in [-0.25, -0.2) is 9.18 Å². The van der Waals surface area contributed by atoms with Crippen LogP contribution in [0, 0.1) is 12.7 Å². The number of carbonyl (C=O) groups is 1. The Bertz CT molecular complexity index is 596. The monoisotopic (exact) mass is 261 g/mol. The third kappa shape index (κ3) is 2.67. The minimum atomic E-state index is -0.965. The van der Waals surface area contributed by atoms with E-state index in [4.69, 9.17) is 5.11 Å². The van der Waals surface area contributed by atoms with Crippen molar-refractivity contribution in [2.24, 2.45) is 0 Å². The number of hydrogen-bond donors (Lipinski definition) is 1. The van der Waals surface area contributed by atoms with Crippen LogP contribution < -0.4 is 0 Å². The van der Waals surface area contributed by atoms with Gasteiger partial charge in [0.15, 0.2) is 0 Å². The van der Waals surface area contributed by atoms with Crippen LogP contribution in [0.2, 0.25) is 0 Å². The van der Waals surface area contributed by atoms with Crippen LogP contribution in [0.4, 0.5) is 4.39 Å². The Morgan fingerprint density at radius 2 is 2.05 bits per heavy atom. The Kier molecular flexibility index (Phi) is 3.69. The Balaban J connectivity index is 2.58. The molecule has 0 aliphatic carbocycles. The lowest BCUT2D eigenvalue weighted by molar-refractivity contribution is 0.0685. The lowest BCUT2D eigenvalue weighted by Gasteiger charge is -2.11. The van der Waals surface area contributed by atoms with Crippen LogP contribution in [0.15, 0.2) is 30.3 Å². The van der Waals surface area contributed by atoms with Crippen LogP contribution in [0.5, 0.6) is 0 Å². The van der Waals surface area contributed by atoms with Crippen LogP contribution in [-0.4, -0.2) is 15.6 Å². The average molecular weight is 261 g/mol. The molecule has 2 aromatic rings. The molecule has 0 bridgehead atoms. The second kappa shape index (κ2) is 5.26. The van der Waals surface area contributed by atoms with Crippen LogP contribution in [0.25, 0.3) is 11.3 Å². The van der Waals surface area contributed by atoms with E-state index in [0.29, 0.717) is 12.1 Å². The van der Waals surface area contributed by atoms with Gasteiger partial charge < -0.3 is 9.67 Å². The Hall–Kier alpha value is -2.10. The molecule has 3 nitrogen and oxygen atoms in total. The number of nitrogens with zero attached hydrogens (tertiary/aromatic N) is 1. The van der Waals surface area contributed by atoms with Gasteiger partial charge in [-0.2, -0.15) is 0 Å². The van der Waals surface area contributed by atoms with E-state index in [1.165, 1.54) is 12.1 Å². The fourth-order valence-electron chi connectivity index (χ4n) is 2.26. The number of aromatic nitrogens is 1. The summed E-state index contributed by atoms with van der Waals surface area (Å²) < 4.78 is 15.2. The first kappa shape index (κ1) is 13.3. The number of aromatic carboxylic acids is 1. The number of carboxylic acid groups (broad SMARTS) is 1. The van der Waals surface area contributed by atoms with Crippen molar-refractivity contribution >= 4 is 5.97 Å². The molecular weight excluding hydrogens is 245 g/mol. The van der Waals surface area contributed by atoms with Crippen molar-refractivity contribution in [1.29, 1.82) is 0 Å². The summed E-state index contributed by atoms with van der Waals surface area (Å²) in [4.78, 5) is 11.2. The molecular formula is C15H16FNO2. The van der Waals surface area contributed by atoms with E-state index in [-0.39, 0.29) is 11.5 Å². The smallest absolute Gasteiger partial charge is 0.352 e. The fraction of sp³-hybridized carbons (Fsp3) is 0.267. The first-order valence-corrected chi connectivity index (χ1v) is 6.23. The number of aryl methyl sites for hydroxylation is 1. The SMILES string of the molecule is CCCn1c(C(=O)O)ccc1-c1cc(C)cc(F)c1. The van der Waals surface area contributed by atoms with Gasteiger partial charge in [0.05, 0.1) is 0 Å². The van der Waals surface area contributed by atoms with Crippen LogP contribution in [0.1, 0.15) is 29.4 Å². The molecule has 0 aliphatic heterocycles. The summed E-state index contributed by atoms with van der Waals surface area (Å²) >= 11 is 0. The molecule has 0 aliphatic rings. The molecule has 2 rings (SSSR count). The number of hydrogen-bond acceptors (Lipinski definition) is 1. The third-order valence-corrected chi connectivity index (χ3v) is 2.98. The van der Waals surface area contributed by atoms with Gasteiger partial charge >= 0.3 is 5.97 Å². The highest BCUT2D eigenvalue weighted by atomic mass is 19.1. The lowest BCUT2D eigenvalue weighted by atomic mass is 10.1. The van der Waals surface area contributed by atoms with Crippen LogP contribution in [0.3, 0.4) is 0 Å². The van der Waals surface area contributed by atoms with Gasteiger partial charge in [0.2, 0.25) is 0 Å². The van der Waals surface area contributed by atoms with Crippen molar-refractivity contribution in [3.63, 3.8) is 0 Å². The maximum absolute atomic E-state index is 13.5. The van der Waals surface area contributed by atoms with Gasteiger partial charge in [0.25, 0.3) is 0 Å². The lowest BCUT2D eigenvalue weighted by Crippen LogP contribution is -2.09. The molecule has 100 valence electrons. The molecule has 0 amide bonds. The molecule has 1 aromatic carbocycles. The highest BCUT2D eigenvalue weighted by Gasteiger charge is 2.15. The van der Waals surface area contributed by atoms with E-state index in [1.54, 1.807) is 16.7 Å². The molecule has 0 radical (unpaired) electrons. The summed E-state index contributed by atoms with van der Waals surface area (Å²) in [5.41, 5.74) is 2.50. The number of carboxylic acids is 1. The van der Waals surface area contributed by atoms with Gasteiger partial charge in [-0.3, -0.25) is 0 Å². The predicted octanol–water partition coefficient (Wildman–Crippen LogP) is 3.71. The highest BCUT2D eigenvalue weighted by molar-refractivity contribution is 5.87. The van der Waals surface area contributed by atoms with Crippen molar-refractivity contribution in [2.75, 3.05) is 0 Å².